The molecule has 0 spiro atoms. The fourth-order valence-corrected chi connectivity index (χ4v) is 4.12. The van der Waals surface area contributed by atoms with Gasteiger partial charge in [0.2, 0.25) is 0 Å². The summed E-state index contributed by atoms with van der Waals surface area (Å²) in [6.07, 6.45) is 0. The summed E-state index contributed by atoms with van der Waals surface area (Å²) < 4.78 is 0. The average molecular weight is 342 g/mol. The topological polar surface area (TPSA) is 15.8 Å². The molecule has 0 amide bonds. The van der Waals surface area contributed by atoms with Crippen LogP contribution >= 0.6 is 0 Å². The number of aromatic nitrogens is 1. The van der Waals surface area contributed by atoms with Gasteiger partial charge in [0.25, 0.3) is 0 Å². The van der Waals surface area contributed by atoms with Crippen LogP contribution in [0.3, 0.4) is 0 Å². The quantitative estimate of drug-likeness (QED) is 0.307. The van der Waals surface area contributed by atoms with Gasteiger partial charge in [-0.1, -0.05) is 72.8 Å². The Labute approximate surface area is 156 Å². The molecule has 5 aromatic carbocycles. The molecule has 0 bridgehead atoms. The molecule has 27 heavy (non-hydrogen) atoms. The minimum atomic E-state index is 1.12. The van der Waals surface area contributed by atoms with Crippen molar-refractivity contribution in [1.82, 2.24) is 4.98 Å². The molecule has 6 aromatic rings. The van der Waals surface area contributed by atoms with Gasteiger partial charge in [-0.25, -0.2) is 0 Å². The zero-order valence-corrected chi connectivity index (χ0v) is 14.7. The molecule has 6 rings (SSSR count). The first-order chi connectivity index (χ1) is 13.4. The zero-order chi connectivity index (χ0) is 17.8. The summed E-state index contributed by atoms with van der Waals surface area (Å²) in [6.45, 7) is 0. The van der Waals surface area contributed by atoms with E-state index in [0.29, 0.717) is 0 Å². The third kappa shape index (κ3) is 2.18. The van der Waals surface area contributed by atoms with E-state index in [-0.39, 0.29) is 0 Å². The van der Waals surface area contributed by atoms with E-state index < -0.39 is 0 Å². The van der Waals surface area contributed by atoms with Gasteiger partial charge in [-0.05, 0) is 51.4 Å². The van der Waals surface area contributed by atoms with E-state index in [2.05, 4.69) is 102 Å². The van der Waals surface area contributed by atoms with Crippen LogP contribution in [0.15, 0.2) is 91.0 Å². The highest BCUT2D eigenvalue weighted by Crippen LogP contribution is 2.34. The summed E-state index contributed by atoms with van der Waals surface area (Å²) >= 11 is 0. The van der Waals surface area contributed by atoms with Crippen molar-refractivity contribution in [3.8, 4) is 11.1 Å². The largest absolute Gasteiger partial charge is 0.354 e. The number of fused-ring (bicyclic) bond motifs is 5. The van der Waals surface area contributed by atoms with Crippen LogP contribution in [0.2, 0.25) is 0 Å². The Morgan fingerprint density at radius 1 is 0.593 bits per heavy atom. The maximum absolute atomic E-state index is 3.65. The number of hydrogen-bond acceptors (Lipinski definition) is 0. The number of benzene rings is 5. The molecule has 0 unspecified atom stereocenters. The Morgan fingerprint density at radius 2 is 1.37 bits per heavy atom. The molecule has 1 aromatic heterocycles. The van der Waals surface area contributed by atoms with Gasteiger partial charge in [0.15, 0.2) is 0 Å². The average Bonchev–Trinajstić information content (AvgIpc) is 3.10. The van der Waals surface area contributed by atoms with E-state index in [1.165, 1.54) is 43.5 Å². The van der Waals surface area contributed by atoms with Crippen LogP contribution in [-0.4, -0.2) is 4.98 Å². The predicted octanol–water partition coefficient (Wildman–Crippen LogP) is 7.09. The molecule has 0 aliphatic heterocycles. The van der Waals surface area contributed by atoms with Crippen molar-refractivity contribution < 1.29 is 0 Å². The van der Waals surface area contributed by atoms with E-state index in [9.17, 15) is 0 Å². The van der Waals surface area contributed by atoms with E-state index in [4.69, 9.17) is 0 Å². The Balaban J connectivity index is 1.63. The lowest BCUT2D eigenvalue weighted by Crippen LogP contribution is -1.83. The Morgan fingerprint density at radius 3 is 2.30 bits per heavy atom. The van der Waals surface area contributed by atoms with Crippen LogP contribution in [0.1, 0.15) is 0 Å². The second-order valence-corrected chi connectivity index (χ2v) is 7.06. The highest BCUT2D eigenvalue weighted by molar-refractivity contribution is 6.12. The van der Waals surface area contributed by atoms with Gasteiger partial charge in [0, 0.05) is 21.9 Å². The Bertz CT molecular complexity index is 1470. The van der Waals surface area contributed by atoms with Gasteiger partial charge in [-0.2, -0.15) is 0 Å². The molecule has 1 nitrogen and oxygen atoms in total. The Kier molecular flexibility index (Phi) is 2.95. The minimum Gasteiger partial charge on any atom is -0.354 e. The molecule has 1 radical (unpaired) electrons. The SMILES string of the molecule is [c]1c(-c2cccc3c2[nH]c2ccccc23)ccc2cc3ccccc3cc12. The van der Waals surface area contributed by atoms with Gasteiger partial charge in [-0.15, -0.1) is 0 Å². The van der Waals surface area contributed by atoms with Crippen molar-refractivity contribution in [2.24, 2.45) is 0 Å². The first kappa shape index (κ1) is 14.6. The van der Waals surface area contributed by atoms with E-state index in [1.54, 1.807) is 0 Å². The summed E-state index contributed by atoms with van der Waals surface area (Å²) in [6, 6.07) is 36.0. The number of nitrogens with one attached hydrogen (secondary N) is 1. The molecule has 0 aliphatic rings. The van der Waals surface area contributed by atoms with Gasteiger partial charge in [0.05, 0.1) is 5.52 Å². The summed E-state index contributed by atoms with van der Waals surface area (Å²) in [5, 5.41) is 7.42. The molecule has 1 heterocycles. The third-order valence-corrected chi connectivity index (χ3v) is 5.45. The summed E-state index contributed by atoms with van der Waals surface area (Å²) in [5.41, 5.74) is 4.66. The number of H-pyrrole nitrogens is 1. The summed E-state index contributed by atoms with van der Waals surface area (Å²) in [4.78, 5) is 3.60. The number of aromatic amines is 1. The van der Waals surface area contributed by atoms with E-state index in [1.807, 2.05) is 0 Å². The molecule has 0 saturated carbocycles. The second-order valence-electron chi connectivity index (χ2n) is 7.06. The van der Waals surface area contributed by atoms with Crippen LogP contribution < -0.4 is 0 Å². The van der Waals surface area contributed by atoms with Gasteiger partial charge < -0.3 is 4.98 Å². The van der Waals surface area contributed by atoms with Crippen molar-refractivity contribution in [1.29, 1.82) is 0 Å². The number of hydrogen-bond donors (Lipinski definition) is 1. The first-order valence-corrected chi connectivity index (χ1v) is 9.21. The highest BCUT2D eigenvalue weighted by atomic mass is 14.7. The molecule has 0 fully saturated rings. The van der Waals surface area contributed by atoms with Crippen molar-refractivity contribution in [2.75, 3.05) is 0 Å². The molecule has 0 saturated heterocycles. The molecular weight excluding hydrogens is 326 g/mol. The van der Waals surface area contributed by atoms with Crippen LogP contribution in [-0.2, 0) is 0 Å². The van der Waals surface area contributed by atoms with Gasteiger partial charge in [0.1, 0.15) is 0 Å². The van der Waals surface area contributed by atoms with Crippen LogP contribution in [0.4, 0.5) is 0 Å². The maximum atomic E-state index is 3.65. The fourth-order valence-electron chi connectivity index (χ4n) is 4.12. The van der Waals surface area contributed by atoms with Gasteiger partial charge in [-0.3, -0.25) is 0 Å². The smallest absolute Gasteiger partial charge is 0.0544 e. The molecule has 1 N–H and O–H groups in total. The van der Waals surface area contributed by atoms with Crippen molar-refractivity contribution in [2.45, 2.75) is 0 Å². The maximum Gasteiger partial charge on any atom is 0.0544 e. The monoisotopic (exact) mass is 342 g/mol. The van der Waals surface area contributed by atoms with Crippen LogP contribution in [0, 0.1) is 6.07 Å². The van der Waals surface area contributed by atoms with E-state index in [0.717, 1.165) is 10.9 Å². The Hall–Kier alpha value is -3.58. The lowest BCUT2D eigenvalue weighted by Gasteiger charge is -2.07. The van der Waals surface area contributed by atoms with Crippen molar-refractivity contribution in [3.63, 3.8) is 0 Å². The summed E-state index contributed by atoms with van der Waals surface area (Å²) in [5.74, 6) is 0. The lowest BCUT2D eigenvalue weighted by atomic mass is 9.97. The number of rotatable bonds is 1. The van der Waals surface area contributed by atoms with Gasteiger partial charge >= 0.3 is 0 Å². The second kappa shape index (κ2) is 5.46. The molecular formula is C26H16N. The molecule has 1 heteroatoms. The standard InChI is InChI=1S/C26H16N/c1-2-7-18-15-21-16-20(13-12-19(21)14-17(18)6-1)22-9-5-10-24-23-8-3-4-11-25(23)27-26(22)24/h1-15,27H. The highest BCUT2D eigenvalue weighted by Gasteiger charge is 2.10. The normalized spacial score (nSPS) is 11.7. The number of para-hydroxylation sites is 2. The van der Waals surface area contributed by atoms with Crippen LogP contribution in [0.25, 0.3) is 54.5 Å². The molecule has 0 aliphatic carbocycles. The third-order valence-electron chi connectivity index (χ3n) is 5.45. The predicted molar refractivity (Wildman–Crippen MR) is 115 cm³/mol. The first-order valence-electron chi connectivity index (χ1n) is 9.21. The van der Waals surface area contributed by atoms with E-state index >= 15 is 0 Å². The van der Waals surface area contributed by atoms with Crippen molar-refractivity contribution in [3.05, 3.63) is 97.1 Å². The fraction of sp³-hybridized carbons (Fsp3) is 0. The molecule has 125 valence electrons. The van der Waals surface area contributed by atoms with Crippen molar-refractivity contribution >= 4 is 43.4 Å². The molecule has 0 atom stereocenters. The summed E-state index contributed by atoms with van der Waals surface area (Å²) in [7, 11) is 0. The van der Waals surface area contributed by atoms with Crippen LogP contribution in [0.5, 0.6) is 0 Å². The minimum absolute atomic E-state index is 1.12. The lowest BCUT2D eigenvalue weighted by molar-refractivity contribution is 1.54. The zero-order valence-electron chi connectivity index (χ0n) is 14.7.